The Labute approximate surface area is 506 Å². The van der Waals surface area contributed by atoms with Gasteiger partial charge in [-0.15, -0.1) is 0 Å². The molecule has 0 N–H and O–H groups in total. The third kappa shape index (κ3) is 8.03. The molecule has 0 atom stereocenters. The predicted molar refractivity (Wildman–Crippen MR) is 365 cm³/mol. The zero-order chi connectivity index (χ0) is 57.4. The molecule has 0 amide bonds. The first-order chi connectivity index (χ1) is 43.2. The minimum absolute atomic E-state index is 0.598. The van der Waals surface area contributed by atoms with Crippen molar-refractivity contribution in [2.75, 3.05) is 0 Å². The maximum absolute atomic E-state index is 2.46. The van der Waals surface area contributed by atoms with Gasteiger partial charge < -0.3 is 9.13 Å². The maximum atomic E-state index is 2.46. The molecular formula is C85H56N2. The second-order valence-corrected chi connectivity index (χ2v) is 23.1. The Balaban J connectivity index is 0.709. The molecule has 0 unspecified atom stereocenters. The van der Waals surface area contributed by atoms with Gasteiger partial charge in [0, 0.05) is 32.8 Å². The van der Waals surface area contributed by atoms with Crippen LogP contribution >= 0.6 is 0 Å². The fourth-order valence-corrected chi connectivity index (χ4v) is 14.6. The molecule has 2 heterocycles. The van der Waals surface area contributed by atoms with Gasteiger partial charge in [0.05, 0.1) is 33.2 Å². The largest absolute Gasteiger partial charge is 0.309 e. The van der Waals surface area contributed by atoms with Crippen LogP contribution in [0, 0.1) is 0 Å². The number of hydrogen-bond donors (Lipinski definition) is 0. The van der Waals surface area contributed by atoms with Crippen LogP contribution in [-0.2, 0) is 5.41 Å². The van der Waals surface area contributed by atoms with Gasteiger partial charge in [0.15, 0.2) is 0 Å². The van der Waals surface area contributed by atoms with Crippen LogP contribution in [0.3, 0.4) is 0 Å². The molecule has 0 spiro atoms. The van der Waals surface area contributed by atoms with Gasteiger partial charge in [-0.25, -0.2) is 0 Å². The summed E-state index contributed by atoms with van der Waals surface area (Å²) in [6.45, 7) is 0. The topological polar surface area (TPSA) is 9.86 Å². The van der Waals surface area contributed by atoms with Crippen molar-refractivity contribution < 1.29 is 0 Å². The van der Waals surface area contributed by atoms with Gasteiger partial charge in [-0.3, -0.25) is 0 Å². The van der Waals surface area contributed by atoms with Gasteiger partial charge >= 0.3 is 0 Å². The van der Waals surface area contributed by atoms with E-state index in [9.17, 15) is 0 Å². The standard InChI is InChI=1S/C85H56N2/c1-3-22-60(23-4-1)67-28-7-8-30-69(67)70-31-9-15-36-77(70)85(78-37-16-10-32-71(78)72-33-11-17-38-79(72)85)65-25-21-24-62(54-65)59-44-42-57(43-45-59)58-46-48-61(49-47-58)68-29-12-18-39-80(68)87-82-41-20-14-35-74(82)76-56-64(51-53-84(76)87)63-50-52-83-75(55-63)73-34-13-19-40-81(73)86(83)66-26-5-2-6-27-66/h1-56H. The van der Waals surface area contributed by atoms with Crippen LogP contribution in [0.1, 0.15) is 22.3 Å². The highest BCUT2D eigenvalue weighted by molar-refractivity contribution is 6.13. The molecule has 0 radical (unpaired) electrons. The van der Waals surface area contributed by atoms with E-state index in [2.05, 4.69) is 349 Å². The van der Waals surface area contributed by atoms with Gasteiger partial charge in [-0.2, -0.15) is 0 Å². The third-order valence-electron chi connectivity index (χ3n) is 18.5. The molecule has 1 aliphatic carbocycles. The summed E-state index contributed by atoms with van der Waals surface area (Å²) in [5.74, 6) is 0. The van der Waals surface area contributed by atoms with E-state index < -0.39 is 5.41 Å². The Morgan fingerprint density at radius 2 is 0.563 bits per heavy atom. The number of aromatic nitrogens is 2. The van der Waals surface area contributed by atoms with Crippen molar-refractivity contribution >= 4 is 43.6 Å². The molecule has 87 heavy (non-hydrogen) atoms. The first-order valence-corrected chi connectivity index (χ1v) is 30.1. The summed E-state index contributed by atoms with van der Waals surface area (Å²) in [7, 11) is 0. The SMILES string of the molecule is c1ccc(-c2ccccc2-c2ccccc2C2(c3cccc(-c4ccc(-c5ccc(-c6ccccc6-n6c7ccccc7c7cc(-c8ccc9c(c8)c8ccccc8n9-c8ccccc8)ccc76)cc5)cc4)c3)c3ccccc3-c3ccccc32)cc1. The number of hydrogen-bond acceptors (Lipinski definition) is 0. The van der Waals surface area contributed by atoms with Gasteiger partial charge in [0.25, 0.3) is 0 Å². The molecule has 1 aliphatic rings. The van der Waals surface area contributed by atoms with Gasteiger partial charge in [0.1, 0.15) is 0 Å². The Bertz CT molecular complexity index is 5270. The van der Waals surface area contributed by atoms with Crippen molar-refractivity contribution in [2.24, 2.45) is 0 Å². The first-order valence-electron chi connectivity index (χ1n) is 30.1. The first kappa shape index (κ1) is 50.2. The van der Waals surface area contributed by atoms with Crippen molar-refractivity contribution in [3.63, 3.8) is 0 Å². The van der Waals surface area contributed by atoms with E-state index in [-0.39, 0.29) is 0 Å². The van der Waals surface area contributed by atoms with Crippen LogP contribution in [0.25, 0.3) is 133 Å². The van der Waals surface area contributed by atoms with Crippen LogP contribution in [0.5, 0.6) is 0 Å². The smallest absolute Gasteiger partial charge is 0.0719 e. The van der Waals surface area contributed by atoms with Gasteiger partial charge in [-0.1, -0.05) is 279 Å². The normalized spacial score (nSPS) is 12.5. The van der Waals surface area contributed by atoms with Crippen molar-refractivity contribution in [3.8, 4) is 89.3 Å². The Kier molecular flexibility index (Phi) is 11.8. The molecule has 0 aliphatic heterocycles. The molecule has 16 aromatic rings. The molecule has 2 nitrogen and oxygen atoms in total. The third-order valence-corrected chi connectivity index (χ3v) is 18.5. The van der Waals surface area contributed by atoms with Crippen LogP contribution in [0.2, 0.25) is 0 Å². The monoisotopic (exact) mass is 1100 g/mol. The second-order valence-electron chi connectivity index (χ2n) is 23.1. The predicted octanol–water partition coefficient (Wildman–Crippen LogP) is 22.2. The highest BCUT2D eigenvalue weighted by Gasteiger charge is 2.47. The maximum Gasteiger partial charge on any atom is 0.0719 e. The summed E-state index contributed by atoms with van der Waals surface area (Å²) in [5.41, 5.74) is 28.5. The number of nitrogens with zero attached hydrogens (tertiary/aromatic N) is 2. The second kappa shape index (κ2) is 20.5. The van der Waals surface area contributed by atoms with Gasteiger partial charge in [-0.05, 0) is 155 Å². The van der Waals surface area contributed by atoms with Crippen LogP contribution in [-0.4, -0.2) is 9.13 Å². The Morgan fingerprint density at radius 3 is 1.15 bits per heavy atom. The van der Waals surface area contributed by atoms with Crippen LogP contribution in [0.4, 0.5) is 0 Å². The molecule has 2 heteroatoms. The average molecular weight is 1110 g/mol. The van der Waals surface area contributed by atoms with E-state index in [0.717, 1.165) is 11.4 Å². The summed E-state index contributed by atoms with van der Waals surface area (Å²) >= 11 is 0. The molecule has 17 rings (SSSR count). The van der Waals surface area contributed by atoms with E-state index in [1.54, 1.807) is 0 Å². The van der Waals surface area contributed by atoms with E-state index in [1.165, 1.54) is 144 Å². The van der Waals surface area contributed by atoms with E-state index in [1.807, 2.05) is 0 Å². The summed E-state index contributed by atoms with van der Waals surface area (Å²) in [6.07, 6.45) is 0. The molecule has 0 saturated heterocycles. The Hall–Kier alpha value is -11.3. The molecule has 14 aromatic carbocycles. The zero-order valence-electron chi connectivity index (χ0n) is 47.7. The van der Waals surface area contributed by atoms with E-state index in [0.29, 0.717) is 0 Å². The summed E-state index contributed by atoms with van der Waals surface area (Å²) in [5, 5.41) is 4.97. The molecule has 0 bridgehead atoms. The lowest BCUT2D eigenvalue weighted by Gasteiger charge is -2.36. The molecular weight excluding hydrogens is 1050 g/mol. The molecule has 0 fully saturated rings. The summed E-state index contributed by atoms with van der Waals surface area (Å²) in [6, 6.07) is 126. The molecule has 0 saturated carbocycles. The number of fused-ring (bicyclic) bond motifs is 9. The minimum atomic E-state index is -0.598. The van der Waals surface area contributed by atoms with Crippen molar-refractivity contribution in [1.82, 2.24) is 9.13 Å². The van der Waals surface area contributed by atoms with Crippen LogP contribution < -0.4 is 0 Å². The number of benzene rings is 14. The highest BCUT2D eigenvalue weighted by Crippen LogP contribution is 2.58. The number of rotatable bonds is 10. The lowest BCUT2D eigenvalue weighted by molar-refractivity contribution is 0.771. The number of para-hydroxylation sites is 4. The molecule has 2 aromatic heterocycles. The van der Waals surface area contributed by atoms with Crippen LogP contribution in [0.15, 0.2) is 340 Å². The molecule has 406 valence electrons. The Morgan fingerprint density at radius 1 is 0.195 bits per heavy atom. The summed E-state index contributed by atoms with van der Waals surface area (Å²) < 4.78 is 4.84. The highest BCUT2D eigenvalue weighted by atomic mass is 15.0. The lowest BCUT2D eigenvalue weighted by atomic mass is 9.65. The quantitative estimate of drug-likeness (QED) is 0.129. The van der Waals surface area contributed by atoms with Gasteiger partial charge in [0.2, 0.25) is 0 Å². The fraction of sp³-hybridized carbons (Fsp3) is 0.0118. The lowest BCUT2D eigenvalue weighted by Crippen LogP contribution is -2.29. The fourth-order valence-electron chi connectivity index (χ4n) is 14.6. The summed E-state index contributed by atoms with van der Waals surface area (Å²) in [4.78, 5) is 0. The zero-order valence-corrected chi connectivity index (χ0v) is 47.7. The van der Waals surface area contributed by atoms with Crippen molar-refractivity contribution in [3.05, 3.63) is 362 Å². The van der Waals surface area contributed by atoms with E-state index in [4.69, 9.17) is 0 Å². The van der Waals surface area contributed by atoms with E-state index >= 15 is 0 Å². The minimum Gasteiger partial charge on any atom is -0.309 e. The average Bonchev–Trinajstić information content (AvgIpc) is 1.62. The van der Waals surface area contributed by atoms with Crippen molar-refractivity contribution in [1.29, 1.82) is 0 Å². The van der Waals surface area contributed by atoms with Crippen molar-refractivity contribution in [2.45, 2.75) is 5.41 Å².